The van der Waals surface area contributed by atoms with Gasteiger partial charge in [0.2, 0.25) is 0 Å². The fourth-order valence-corrected chi connectivity index (χ4v) is 2.67. The van der Waals surface area contributed by atoms with E-state index in [1.165, 1.54) is 29.0 Å². The molecule has 0 saturated carbocycles. The summed E-state index contributed by atoms with van der Waals surface area (Å²) in [6, 6.07) is 4.75. The van der Waals surface area contributed by atoms with Crippen molar-refractivity contribution in [3.05, 3.63) is 41.4 Å². The smallest absolute Gasteiger partial charge is 0.294 e. The van der Waals surface area contributed by atoms with Gasteiger partial charge in [0.1, 0.15) is 11.4 Å². The zero-order chi connectivity index (χ0) is 14.9. The first kappa shape index (κ1) is 14.6. The third kappa shape index (κ3) is 2.56. The Morgan fingerprint density at radius 2 is 2.25 bits per heavy atom. The van der Waals surface area contributed by atoms with Crippen LogP contribution in [0.15, 0.2) is 30.9 Å². The van der Waals surface area contributed by atoms with Gasteiger partial charge in [-0.15, -0.1) is 11.3 Å². The minimum absolute atomic E-state index is 0.0483. The second-order valence-electron chi connectivity index (χ2n) is 4.28. The van der Waals surface area contributed by atoms with Crippen LogP contribution in [0.5, 0.6) is 0 Å². The number of thiophene rings is 1. The molecule has 0 aliphatic rings. The third-order valence-electron chi connectivity index (χ3n) is 2.88. The number of hydrogen-bond acceptors (Lipinski definition) is 3. The molecule has 0 radical (unpaired) electrons. The summed E-state index contributed by atoms with van der Waals surface area (Å²) < 4.78 is 28.8. The number of ketones is 1. The summed E-state index contributed by atoms with van der Waals surface area (Å²) in [5.41, 5.74) is 0.253. The van der Waals surface area contributed by atoms with E-state index in [9.17, 15) is 13.6 Å². The molecule has 2 aromatic heterocycles. The topological polar surface area (TPSA) is 34.9 Å². The quantitative estimate of drug-likeness (QED) is 0.614. The molecule has 0 spiro atoms. The molecule has 0 N–H and O–H groups in total. The van der Waals surface area contributed by atoms with Gasteiger partial charge in [0.25, 0.3) is 0 Å². The number of aromatic nitrogens is 2. The van der Waals surface area contributed by atoms with Crippen molar-refractivity contribution in [2.45, 2.75) is 26.3 Å². The maximum atomic E-state index is 13.8. The Morgan fingerprint density at radius 3 is 2.75 bits per heavy atom. The molecule has 20 heavy (non-hydrogen) atoms. The van der Waals surface area contributed by atoms with E-state index in [0.29, 0.717) is 28.1 Å². The van der Waals surface area contributed by atoms with E-state index in [1.807, 2.05) is 0 Å². The Kier molecular flexibility index (Phi) is 3.85. The number of halogens is 2. The number of hydrogen-bond donors (Lipinski definition) is 0. The number of Topliss-reactive ketones (excluding diaryl/α,β-unsaturated/α-hetero) is 1. The molecule has 0 atom stereocenters. The van der Waals surface area contributed by atoms with E-state index in [2.05, 4.69) is 11.7 Å². The van der Waals surface area contributed by atoms with E-state index in [-0.39, 0.29) is 11.5 Å². The van der Waals surface area contributed by atoms with E-state index in [1.54, 1.807) is 19.1 Å². The van der Waals surface area contributed by atoms with Gasteiger partial charge in [0.15, 0.2) is 5.78 Å². The maximum absolute atomic E-state index is 13.8. The van der Waals surface area contributed by atoms with Crippen LogP contribution in [-0.2, 0) is 12.5 Å². The Labute approximate surface area is 119 Å². The minimum Gasteiger partial charge on any atom is -0.294 e. The van der Waals surface area contributed by atoms with Crippen LogP contribution < -0.4 is 0 Å². The largest absolute Gasteiger partial charge is 0.307 e. The van der Waals surface area contributed by atoms with Gasteiger partial charge < -0.3 is 0 Å². The highest BCUT2D eigenvalue weighted by atomic mass is 32.1. The molecule has 2 rings (SSSR count). The SMILES string of the molecule is C=CC(F)(F)c1cc(-c2ccc(C(C)=O)s2)nn1CC. The first-order chi connectivity index (χ1) is 9.39. The normalized spacial score (nSPS) is 11.6. The number of aryl methyl sites for hydroxylation is 1. The van der Waals surface area contributed by atoms with Crippen molar-refractivity contribution in [3.8, 4) is 10.6 Å². The van der Waals surface area contributed by atoms with E-state index in [0.717, 1.165) is 0 Å². The van der Waals surface area contributed by atoms with Gasteiger partial charge in [-0.1, -0.05) is 6.58 Å². The molecule has 3 nitrogen and oxygen atoms in total. The molecule has 2 heterocycles. The van der Waals surface area contributed by atoms with Crippen molar-refractivity contribution in [2.75, 3.05) is 0 Å². The molecule has 0 saturated heterocycles. The Balaban J connectivity index is 2.48. The Hall–Kier alpha value is -1.82. The average Bonchev–Trinajstić information content (AvgIpc) is 3.05. The van der Waals surface area contributed by atoms with Crippen molar-refractivity contribution >= 4 is 17.1 Å². The molecule has 106 valence electrons. The van der Waals surface area contributed by atoms with Crippen LogP contribution in [0.25, 0.3) is 10.6 Å². The predicted octanol–water partition coefficient (Wildman–Crippen LogP) is 4.11. The lowest BCUT2D eigenvalue weighted by Crippen LogP contribution is -2.16. The van der Waals surface area contributed by atoms with Crippen molar-refractivity contribution < 1.29 is 13.6 Å². The fraction of sp³-hybridized carbons (Fsp3) is 0.286. The molecule has 0 unspecified atom stereocenters. The number of allylic oxidation sites excluding steroid dienone is 1. The third-order valence-corrected chi connectivity index (χ3v) is 4.09. The van der Waals surface area contributed by atoms with Crippen LogP contribution in [0.1, 0.15) is 29.2 Å². The number of rotatable bonds is 5. The highest BCUT2D eigenvalue weighted by molar-refractivity contribution is 7.17. The second-order valence-corrected chi connectivity index (χ2v) is 5.36. The van der Waals surface area contributed by atoms with Gasteiger partial charge in [0.05, 0.1) is 9.75 Å². The molecule has 6 heteroatoms. The van der Waals surface area contributed by atoms with Crippen LogP contribution in [0.2, 0.25) is 0 Å². The summed E-state index contributed by atoms with van der Waals surface area (Å²) in [7, 11) is 0. The van der Waals surface area contributed by atoms with Gasteiger partial charge in [-0.3, -0.25) is 9.48 Å². The van der Waals surface area contributed by atoms with Crippen LogP contribution in [0.3, 0.4) is 0 Å². The number of nitrogens with zero attached hydrogens (tertiary/aromatic N) is 2. The lowest BCUT2D eigenvalue weighted by molar-refractivity contribution is 0.0423. The summed E-state index contributed by atoms with van der Waals surface area (Å²) in [6.07, 6.45) is 0.607. The van der Waals surface area contributed by atoms with Crippen LogP contribution >= 0.6 is 11.3 Å². The molecule has 0 aliphatic heterocycles. The molecular weight excluding hydrogens is 282 g/mol. The summed E-state index contributed by atoms with van der Waals surface area (Å²) in [5, 5.41) is 4.17. The highest BCUT2D eigenvalue weighted by Crippen LogP contribution is 2.34. The highest BCUT2D eigenvalue weighted by Gasteiger charge is 2.32. The van der Waals surface area contributed by atoms with Gasteiger partial charge in [-0.25, -0.2) is 0 Å². The number of carbonyl (C=O) groups excluding carboxylic acids is 1. The monoisotopic (exact) mass is 296 g/mol. The molecule has 0 aromatic carbocycles. The molecule has 0 fully saturated rings. The van der Waals surface area contributed by atoms with Crippen LogP contribution in [-0.4, -0.2) is 15.6 Å². The first-order valence-corrected chi connectivity index (χ1v) is 6.91. The van der Waals surface area contributed by atoms with E-state index >= 15 is 0 Å². The fourth-order valence-electron chi connectivity index (χ4n) is 1.82. The molecule has 2 aromatic rings. The Bertz CT molecular complexity index is 658. The average molecular weight is 296 g/mol. The molecule has 0 bridgehead atoms. The van der Waals surface area contributed by atoms with Crippen molar-refractivity contribution in [2.24, 2.45) is 0 Å². The maximum Gasteiger partial charge on any atom is 0.307 e. The Morgan fingerprint density at radius 1 is 1.55 bits per heavy atom. The summed E-state index contributed by atoms with van der Waals surface area (Å²) in [6.45, 7) is 6.71. The molecule has 0 amide bonds. The zero-order valence-electron chi connectivity index (χ0n) is 11.2. The lowest BCUT2D eigenvalue weighted by atomic mass is 10.2. The predicted molar refractivity (Wildman–Crippen MR) is 75.3 cm³/mol. The van der Waals surface area contributed by atoms with Crippen molar-refractivity contribution in [1.29, 1.82) is 0 Å². The van der Waals surface area contributed by atoms with Crippen LogP contribution in [0, 0.1) is 0 Å². The molecular formula is C14H14F2N2OS. The summed E-state index contributed by atoms with van der Waals surface area (Å²) in [4.78, 5) is 12.6. The lowest BCUT2D eigenvalue weighted by Gasteiger charge is -2.12. The first-order valence-electron chi connectivity index (χ1n) is 6.10. The van der Waals surface area contributed by atoms with Gasteiger partial charge in [-0.2, -0.15) is 13.9 Å². The van der Waals surface area contributed by atoms with E-state index in [4.69, 9.17) is 0 Å². The van der Waals surface area contributed by atoms with Gasteiger partial charge in [-0.05, 0) is 38.1 Å². The molecule has 0 aliphatic carbocycles. The van der Waals surface area contributed by atoms with Crippen molar-refractivity contribution in [1.82, 2.24) is 9.78 Å². The van der Waals surface area contributed by atoms with Gasteiger partial charge >= 0.3 is 5.92 Å². The van der Waals surface area contributed by atoms with Crippen molar-refractivity contribution in [3.63, 3.8) is 0 Å². The van der Waals surface area contributed by atoms with Crippen LogP contribution in [0.4, 0.5) is 8.78 Å². The summed E-state index contributed by atoms with van der Waals surface area (Å²) >= 11 is 1.25. The second kappa shape index (κ2) is 5.28. The van der Waals surface area contributed by atoms with Gasteiger partial charge in [0, 0.05) is 6.54 Å². The minimum atomic E-state index is -3.12. The standard InChI is InChI=1S/C14H14F2N2OS/c1-4-14(15,16)13-8-10(17-18(13)5-2)12-7-6-11(20-12)9(3)19/h4,6-8H,1,5H2,2-3H3. The number of alkyl halides is 2. The zero-order valence-corrected chi connectivity index (χ0v) is 12.0. The van der Waals surface area contributed by atoms with E-state index < -0.39 is 5.92 Å². The number of carbonyl (C=O) groups is 1. The summed E-state index contributed by atoms with van der Waals surface area (Å²) in [5.74, 6) is -3.17.